The number of unbranched alkanes of at least 4 members (excludes halogenated alkanes) is 5. The average Bonchev–Trinajstić information content (AvgIpc) is 2.74. The number of esters is 2. The van der Waals surface area contributed by atoms with E-state index in [9.17, 15) is 9.59 Å². The second-order valence-electron chi connectivity index (χ2n) is 6.88. The molecular formula is C23H30INO5. The highest BCUT2D eigenvalue weighted by molar-refractivity contribution is 5.89. The number of rotatable bonds is 12. The maximum Gasteiger partial charge on any atom is 0.344 e. The SMILES string of the molecule is COC(=O)c1cccc(OCCCCCCCCOC(=O)c2ccc[n+](C)c2)c1.[I-]. The van der Waals surface area contributed by atoms with E-state index < -0.39 is 0 Å². The second kappa shape index (κ2) is 14.8. The topological polar surface area (TPSA) is 65.7 Å². The Morgan fingerprint density at radius 2 is 1.53 bits per heavy atom. The summed E-state index contributed by atoms with van der Waals surface area (Å²) in [4.78, 5) is 23.4. The Kier molecular flexibility index (Phi) is 12.7. The van der Waals surface area contributed by atoms with Crippen molar-refractivity contribution in [1.29, 1.82) is 0 Å². The number of carbonyl (C=O) groups excluding carboxylic acids is 2. The highest BCUT2D eigenvalue weighted by Gasteiger charge is 2.10. The van der Waals surface area contributed by atoms with E-state index in [1.807, 2.05) is 29.9 Å². The van der Waals surface area contributed by atoms with Crippen LogP contribution in [0.5, 0.6) is 5.75 Å². The van der Waals surface area contributed by atoms with Gasteiger partial charge >= 0.3 is 11.9 Å². The lowest BCUT2D eigenvalue weighted by Crippen LogP contribution is -3.00. The molecule has 0 saturated carbocycles. The van der Waals surface area contributed by atoms with Gasteiger partial charge in [0.2, 0.25) is 0 Å². The van der Waals surface area contributed by atoms with Crippen molar-refractivity contribution < 1.29 is 52.3 Å². The van der Waals surface area contributed by atoms with E-state index in [1.165, 1.54) is 7.11 Å². The normalized spacial score (nSPS) is 10.1. The molecule has 0 aliphatic carbocycles. The van der Waals surface area contributed by atoms with Crippen LogP contribution in [0.1, 0.15) is 59.2 Å². The van der Waals surface area contributed by atoms with E-state index in [0.717, 1.165) is 38.5 Å². The third kappa shape index (κ3) is 9.56. The van der Waals surface area contributed by atoms with Gasteiger partial charge in [0, 0.05) is 6.07 Å². The number of benzene rings is 1. The molecule has 0 spiro atoms. The van der Waals surface area contributed by atoms with Crippen molar-refractivity contribution in [3.63, 3.8) is 0 Å². The van der Waals surface area contributed by atoms with Gasteiger partial charge in [-0.05, 0) is 37.1 Å². The monoisotopic (exact) mass is 527 g/mol. The first-order valence-electron chi connectivity index (χ1n) is 10.0. The number of hydrogen-bond acceptors (Lipinski definition) is 5. The summed E-state index contributed by atoms with van der Waals surface area (Å²) in [6, 6.07) is 10.6. The van der Waals surface area contributed by atoms with E-state index in [2.05, 4.69) is 0 Å². The van der Waals surface area contributed by atoms with Crippen LogP contribution in [0.2, 0.25) is 0 Å². The van der Waals surface area contributed by atoms with E-state index in [0.29, 0.717) is 30.1 Å². The van der Waals surface area contributed by atoms with Gasteiger partial charge in [0.25, 0.3) is 0 Å². The minimum absolute atomic E-state index is 0. The van der Waals surface area contributed by atoms with Gasteiger partial charge in [0.05, 0.1) is 25.9 Å². The Morgan fingerprint density at radius 1 is 0.867 bits per heavy atom. The van der Waals surface area contributed by atoms with Crippen molar-refractivity contribution in [2.24, 2.45) is 7.05 Å². The third-order valence-corrected chi connectivity index (χ3v) is 4.47. The zero-order chi connectivity index (χ0) is 20.9. The largest absolute Gasteiger partial charge is 1.00 e. The minimum Gasteiger partial charge on any atom is -1.00 e. The van der Waals surface area contributed by atoms with Crippen LogP contribution in [0.25, 0.3) is 0 Å². The fraction of sp³-hybridized carbons (Fsp3) is 0.435. The molecule has 7 heteroatoms. The predicted octanol–water partition coefficient (Wildman–Crippen LogP) is 0.878. The fourth-order valence-electron chi connectivity index (χ4n) is 2.89. The van der Waals surface area contributed by atoms with Crippen LogP contribution >= 0.6 is 0 Å². The van der Waals surface area contributed by atoms with Crippen LogP contribution in [-0.2, 0) is 16.5 Å². The summed E-state index contributed by atoms with van der Waals surface area (Å²) >= 11 is 0. The molecule has 0 atom stereocenters. The molecule has 6 nitrogen and oxygen atoms in total. The number of ether oxygens (including phenoxy) is 3. The first kappa shape index (κ1) is 25.9. The summed E-state index contributed by atoms with van der Waals surface area (Å²) in [5, 5.41) is 0. The van der Waals surface area contributed by atoms with Crippen molar-refractivity contribution >= 4 is 11.9 Å². The molecule has 0 aliphatic rings. The van der Waals surface area contributed by atoms with Gasteiger partial charge < -0.3 is 38.2 Å². The van der Waals surface area contributed by atoms with Gasteiger partial charge in [0.15, 0.2) is 12.4 Å². The molecule has 0 radical (unpaired) electrons. The number of methoxy groups -OCH3 is 1. The van der Waals surface area contributed by atoms with Crippen molar-refractivity contribution in [3.05, 3.63) is 59.9 Å². The molecule has 1 aromatic heterocycles. The molecule has 0 fully saturated rings. The first-order chi connectivity index (χ1) is 14.1. The van der Waals surface area contributed by atoms with Crippen LogP contribution in [0.4, 0.5) is 0 Å². The lowest BCUT2D eigenvalue weighted by Gasteiger charge is -2.07. The minimum atomic E-state index is -0.362. The molecule has 2 rings (SSSR count). The fourth-order valence-corrected chi connectivity index (χ4v) is 2.89. The van der Waals surface area contributed by atoms with Crippen molar-refractivity contribution in [3.8, 4) is 5.75 Å². The van der Waals surface area contributed by atoms with E-state index in [1.54, 1.807) is 30.5 Å². The standard InChI is InChI=1S/C23H30NO5.HI/c1-24-14-10-12-20(18-24)23(26)29-16-8-6-4-3-5-7-15-28-21-13-9-11-19(17-21)22(25)27-2;/h9-14,17-18H,3-8,15-16H2,1-2H3;1H/q+1;/p-1. The highest BCUT2D eigenvalue weighted by Crippen LogP contribution is 2.15. The molecule has 0 saturated heterocycles. The summed E-state index contributed by atoms with van der Waals surface area (Å²) in [5.74, 6) is 0.0512. The van der Waals surface area contributed by atoms with Crippen LogP contribution in [0, 0.1) is 0 Å². The lowest BCUT2D eigenvalue weighted by molar-refractivity contribution is -0.671. The maximum absolute atomic E-state index is 11.9. The summed E-state index contributed by atoms with van der Waals surface area (Å²) in [7, 11) is 3.24. The van der Waals surface area contributed by atoms with Gasteiger partial charge in [-0.2, -0.15) is 0 Å². The molecule has 0 unspecified atom stereocenters. The molecule has 0 N–H and O–H groups in total. The zero-order valence-corrected chi connectivity index (χ0v) is 19.8. The summed E-state index contributed by atoms with van der Waals surface area (Å²) in [6.07, 6.45) is 9.82. The molecule has 164 valence electrons. The quantitative estimate of drug-likeness (QED) is 0.178. The molecule has 0 amide bonds. The van der Waals surface area contributed by atoms with Gasteiger partial charge in [-0.15, -0.1) is 0 Å². The van der Waals surface area contributed by atoms with Crippen LogP contribution in [-0.4, -0.2) is 32.3 Å². The Morgan fingerprint density at radius 3 is 2.23 bits per heavy atom. The summed E-state index contributed by atoms with van der Waals surface area (Å²) < 4.78 is 17.5. The number of hydrogen-bond donors (Lipinski definition) is 0. The number of nitrogens with zero attached hydrogens (tertiary/aromatic N) is 1. The third-order valence-electron chi connectivity index (χ3n) is 4.47. The molecule has 30 heavy (non-hydrogen) atoms. The van der Waals surface area contributed by atoms with Crippen molar-refractivity contribution in [1.82, 2.24) is 0 Å². The summed E-state index contributed by atoms with van der Waals surface area (Å²) in [5.41, 5.74) is 1.07. The highest BCUT2D eigenvalue weighted by atomic mass is 127. The molecule has 0 aliphatic heterocycles. The molecule has 0 bridgehead atoms. The molecule has 2 aromatic rings. The zero-order valence-electron chi connectivity index (χ0n) is 17.6. The summed E-state index contributed by atoms with van der Waals surface area (Å²) in [6.45, 7) is 1.08. The van der Waals surface area contributed by atoms with Crippen molar-refractivity contribution in [2.75, 3.05) is 20.3 Å². The number of aromatic nitrogens is 1. The van der Waals surface area contributed by atoms with E-state index in [-0.39, 0.29) is 35.9 Å². The lowest BCUT2D eigenvalue weighted by atomic mass is 10.1. The maximum atomic E-state index is 11.9. The number of pyridine rings is 1. The number of halogens is 1. The second-order valence-corrected chi connectivity index (χ2v) is 6.88. The molecule has 1 heterocycles. The molecule has 1 aromatic carbocycles. The Labute approximate surface area is 195 Å². The Balaban J connectivity index is 0.00000450. The van der Waals surface area contributed by atoms with Gasteiger partial charge in [0.1, 0.15) is 18.4 Å². The van der Waals surface area contributed by atoms with E-state index in [4.69, 9.17) is 14.2 Å². The van der Waals surface area contributed by atoms with Crippen molar-refractivity contribution in [2.45, 2.75) is 38.5 Å². The van der Waals surface area contributed by atoms with Gasteiger partial charge in [-0.1, -0.05) is 31.7 Å². The van der Waals surface area contributed by atoms with Gasteiger partial charge in [-0.3, -0.25) is 0 Å². The number of aryl methyl sites for hydroxylation is 1. The smallest absolute Gasteiger partial charge is 0.344 e. The Bertz CT molecular complexity index is 797. The first-order valence-corrected chi connectivity index (χ1v) is 10.0. The predicted molar refractivity (Wildman–Crippen MR) is 109 cm³/mol. The van der Waals surface area contributed by atoms with Crippen LogP contribution in [0.15, 0.2) is 48.8 Å². The van der Waals surface area contributed by atoms with Crippen LogP contribution < -0.4 is 33.3 Å². The van der Waals surface area contributed by atoms with E-state index >= 15 is 0 Å². The van der Waals surface area contributed by atoms with Gasteiger partial charge in [-0.25, -0.2) is 14.2 Å². The van der Waals surface area contributed by atoms with Crippen LogP contribution in [0.3, 0.4) is 0 Å². The molecular weight excluding hydrogens is 497 g/mol. The number of carbonyl (C=O) groups is 2. The average molecular weight is 527 g/mol. The Hall–Kier alpha value is -2.16.